The largest absolute Gasteiger partial charge is 0.375 e. The molecule has 0 saturated carbocycles. The Morgan fingerprint density at radius 1 is 1.61 bits per heavy atom. The van der Waals surface area contributed by atoms with E-state index in [1.165, 1.54) is 0 Å². The van der Waals surface area contributed by atoms with Gasteiger partial charge in [-0.1, -0.05) is 22.0 Å². The summed E-state index contributed by atoms with van der Waals surface area (Å²) in [5, 5.41) is 11.8. The van der Waals surface area contributed by atoms with E-state index in [-0.39, 0.29) is 16.7 Å². The van der Waals surface area contributed by atoms with Gasteiger partial charge < -0.3 is 9.64 Å². The van der Waals surface area contributed by atoms with Gasteiger partial charge in [0.15, 0.2) is 0 Å². The van der Waals surface area contributed by atoms with Gasteiger partial charge in [-0.15, -0.1) is 0 Å². The minimum atomic E-state index is -0.318. The third kappa shape index (κ3) is 2.81. The van der Waals surface area contributed by atoms with Gasteiger partial charge in [0.05, 0.1) is 17.6 Å². The van der Waals surface area contributed by atoms with Crippen LogP contribution in [0, 0.1) is 10.1 Å². The third-order valence-electron chi connectivity index (χ3n) is 2.97. The summed E-state index contributed by atoms with van der Waals surface area (Å²) in [6, 6.07) is 5.37. The summed E-state index contributed by atoms with van der Waals surface area (Å²) in [6.07, 6.45) is 0.106. The lowest BCUT2D eigenvalue weighted by molar-refractivity contribution is -0.384. The number of morpholine rings is 1. The quantitative estimate of drug-likeness (QED) is 0.489. The molecule has 5 nitrogen and oxygen atoms in total. The van der Waals surface area contributed by atoms with Crippen molar-refractivity contribution in [3.05, 3.63) is 33.9 Å². The molecule has 0 amide bonds. The van der Waals surface area contributed by atoms with Crippen molar-refractivity contribution >= 4 is 27.3 Å². The van der Waals surface area contributed by atoms with E-state index in [4.69, 9.17) is 4.74 Å². The molecule has 1 aliphatic heterocycles. The molecule has 18 heavy (non-hydrogen) atoms. The first-order chi connectivity index (χ1) is 8.61. The first-order valence-electron chi connectivity index (χ1n) is 5.81. The Balaban J connectivity index is 2.33. The van der Waals surface area contributed by atoms with Crippen LogP contribution in [0.4, 0.5) is 11.4 Å². The van der Waals surface area contributed by atoms with Crippen molar-refractivity contribution < 1.29 is 9.66 Å². The highest BCUT2D eigenvalue weighted by molar-refractivity contribution is 9.08. The normalized spacial score (nSPS) is 19.9. The van der Waals surface area contributed by atoms with Crippen molar-refractivity contribution in [2.45, 2.75) is 18.4 Å². The molecule has 0 bridgehead atoms. The van der Waals surface area contributed by atoms with E-state index in [0.29, 0.717) is 30.7 Å². The van der Waals surface area contributed by atoms with Crippen LogP contribution in [-0.4, -0.2) is 30.7 Å². The van der Waals surface area contributed by atoms with Crippen molar-refractivity contribution in [1.29, 1.82) is 0 Å². The summed E-state index contributed by atoms with van der Waals surface area (Å²) in [5.74, 6) is 0. The highest BCUT2D eigenvalue weighted by atomic mass is 79.9. The number of ether oxygens (including phenoxy) is 1. The molecule has 0 radical (unpaired) electrons. The number of nitro groups is 1. The Morgan fingerprint density at radius 2 is 2.39 bits per heavy atom. The van der Waals surface area contributed by atoms with Gasteiger partial charge in [-0.2, -0.15) is 0 Å². The van der Waals surface area contributed by atoms with E-state index in [1.807, 2.05) is 24.0 Å². The average molecular weight is 315 g/mol. The fourth-order valence-electron chi connectivity index (χ4n) is 2.10. The van der Waals surface area contributed by atoms with E-state index in [0.717, 1.165) is 5.56 Å². The number of rotatable bonds is 3. The number of nitrogens with zero attached hydrogens (tertiary/aromatic N) is 2. The summed E-state index contributed by atoms with van der Waals surface area (Å²) >= 11 is 3.31. The van der Waals surface area contributed by atoms with E-state index in [9.17, 15) is 10.1 Å². The first kappa shape index (κ1) is 13.3. The average Bonchev–Trinajstić information content (AvgIpc) is 2.38. The van der Waals surface area contributed by atoms with Crippen LogP contribution >= 0.6 is 15.9 Å². The van der Waals surface area contributed by atoms with Crippen LogP contribution in [0.2, 0.25) is 0 Å². The van der Waals surface area contributed by atoms with E-state index in [2.05, 4.69) is 15.9 Å². The maximum Gasteiger partial charge on any atom is 0.292 e. The number of alkyl halides is 1. The molecule has 1 aromatic carbocycles. The molecule has 1 fully saturated rings. The molecule has 1 unspecified atom stereocenters. The highest BCUT2D eigenvalue weighted by Gasteiger charge is 2.24. The van der Waals surface area contributed by atoms with Crippen molar-refractivity contribution in [3.63, 3.8) is 0 Å². The van der Waals surface area contributed by atoms with Crippen molar-refractivity contribution in [2.24, 2.45) is 0 Å². The summed E-state index contributed by atoms with van der Waals surface area (Å²) in [7, 11) is 0. The maximum atomic E-state index is 11.1. The molecule has 0 spiro atoms. The van der Waals surface area contributed by atoms with Gasteiger partial charge >= 0.3 is 0 Å². The lowest BCUT2D eigenvalue weighted by atomic mass is 10.1. The van der Waals surface area contributed by atoms with Crippen LogP contribution in [0.25, 0.3) is 0 Å². The van der Waals surface area contributed by atoms with Crippen LogP contribution in [0.15, 0.2) is 18.2 Å². The predicted molar refractivity (Wildman–Crippen MR) is 73.4 cm³/mol. The van der Waals surface area contributed by atoms with Crippen LogP contribution in [-0.2, 0) is 10.1 Å². The number of hydrogen-bond acceptors (Lipinski definition) is 4. The summed E-state index contributed by atoms with van der Waals surface area (Å²) in [5.41, 5.74) is 1.76. The van der Waals surface area contributed by atoms with Gasteiger partial charge in [0.25, 0.3) is 5.69 Å². The van der Waals surface area contributed by atoms with Gasteiger partial charge in [-0.3, -0.25) is 10.1 Å². The van der Waals surface area contributed by atoms with Gasteiger partial charge in [0, 0.05) is 24.5 Å². The molecule has 1 aromatic rings. The number of benzene rings is 1. The molecule has 98 valence electrons. The molecule has 1 aliphatic rings. The molecule has 0 aromatic heterocycles. The Hall–Kier alpha value is -1.14. The lowest BCUT2D eigenvalue weighted by Gasteiger charge is -2.32. The molecule has 0 N–H and O–H groups in total. The van der Waals surface area contributed by atoms with Gasteiger partial charge in [-0.25, -0.2) is 0 Å². The Bertz CT molecular complexity index is 453. The Morgan fingerprint density at radius 3 is 3.00 bits per heavy atom. The van der Waals surface area contributed by atoms with E-state index >= 15 is 0 Å². The molecular formula is C12H15BrN2O3. The SMILES string of the molecule is CC1CN(c2ccc(CBr)cc2[N+](=O)[O-])CCO1. The maximum absolute atomic E-state index is 11.1. The second kappa shape index (κ2) is 5.67. The standard InChI is InChI=1S/C12H15BrN2O3/c1-9-8-14(4-5-18-9)11-3-2-10(7-13)6-12(11)15(16)17/h2-3,6,9H,4-5,7-8H2,1H3. The number of nitro benzene ring substituents is 1. The fourth-order valence-corrected chi connectivity index (χ4v) is 2.45. The molecule has 6 heteroatoms. The van der Waals surface area contributed by atoms with Gasteiger partial charge in [-0.05, 0) is 18.6 Å². The zero-order valence-corrected chi connectivity index (χ0v) is 11.7. The molecule has 0 aliphatic carbocycles. The third-order valence-corrected chi connectivity index (χ3v) is 3.62. The number of halogens is 1. The van der Waals surface area contributed by atoms with Crippen molar-refractivity contribution in [3.8, 4) is 0 Å². The van der Waals surface area contributed by atoms with E-state index in [1.54, 1.807) is 6.07 Å². The van der Waals surface area contributed by atoms with Gasteiger partial charge in [0.1, 0.15) is 5.69 Å². The number of hydrogen-bond donors (Lipinski definition) is 0. The van der Waals surface area contributed by atoms with Gasteiger partial charge in [0.2, 0.25) is 0 Å². The number of anilines is 1. The van der Waals surface area contributed by atoms with Crippen LogP contribution in [0.3, 0.4) is 0 Å². The summed E-state index contributed by atoms with van der Waals surface area (Å²) in [4.78, 5) is 12.8. The van der Waals surface area contributed by atoms with E-state index < -0.39 is 0 Å². The molecule has 2 rings (SSSR count). The molecule has 1 atom stereocenters. The smallest absolute Gasteiger partial charge is 0.292 e. The van der Waals surface area contributed by atoms with Crippen LogP contribution in [0.1, 0.15) is 12.5 Å². The molecule has 1 saturated heterocycles. The molecule has 1 heterocycles. The minimum Gasteiger partial charge on any atom is -0.375 e. The summed E-state index contributed by atoms with van der Waals surface area (Å²) in [6.45, 7) is 3.97. The predicted octanol–water partition coefficient (Wildman–Crippen LogP) is 2.71. The fraction of sp³-hybridized carbons (Fsp3) is 0.500. The second-order valence-electron chi connectivity index (χ2n) is 4.34. The molecular weight excluding hydrogens is 300 g/mol. The Labute approximate surface area is 114 Å². The summed E-state index contributed by atoms with van der Waals surface area (Å²) < 4.78 is 5.46. The topological polar surface area (TPSA) is 55.6 Å². The zero-order chi connectivity index (χ0) is 13.1. The lowest BCUT2D eigenvalue weighted by Crippen LogP contribution is -2.41. The highest BCUT2D eigenvalue weighted by Crippen LogP contribution is 2.31. The first-order valence-corrected chi connectivity index (χ1v) is 6.94. The zero-order valence-electron chi connectivity index (χ0n) is 10.1. The van der Waals surface area contributed by atoms with Crippen LogP contribution in [0.5, 0.6) is 0 Å². The Kier molecular flexibility index (Phi) is 4.19. The van der Waals surface area contributed by atoms with Crippen molar-refractivity contribution in [2.75, 3.05) is 24.6 Å². The van der Waals surface area contributed by atoms with Crippen molar-refractivity contribution in [1.82, 2.24) is 0 Å². The van der Waals surface area contributed by atoms with Crippen LogP contribution < -0.4 is 4.90 Å². The minimum absolute atomic E-state index is 0.106. The monoisotopic (exact) mass is 314 g/mol. The second-order valence-corrected chi connectivity index (χ2v) is 4.90.